The van der Waals surface area contributed by atoms with Crippen molar-refractivity contribution in [1.82, 2.24) is 9.13 Å². The third-order valence-electron chi connectivity index (χ3n) is 10.0. The summed E-state index contributed by atoms with van der Waals surface area (Å²) in [4.78, 5) is 0. The molecule has 56 heavy (non-hydrogen) atoms. The van der Waals surface area contributed by atoms with E-state index < -0.39 is 107 Å². The minimum atomic E-state index is -0.757. The van der Waals surface area contributed by atoms with Crippen molar-refractivity contribution in [1.29, 1.82) is 0 Å². The highest BCUT2D eigenvalue weighted by Crippen LogP contribution is 2.42. The first-order valence-corrected chi connectivity index (χ1v) is 17.9. The molecular formula is C54H36N2. The molecule has 262 valence electrons. The maximum Gasteiger partial charge on any atom is 0.0645 e. The molecule has 2 nitrogen and oxygen atoms in total. The zero-order chi connectivity index (χ0) is 51.8. The molecule has 0 spiro atoms. The summed E-state index contributed by atoms with van der Waals surface area (Å²) in [6, 6.07) is 23.8. The molecular weight excluding hydrogens is 677 g/mol. The molecule has 0 radical (unpaired) electrons. The van der Waals surface area contributed by atoms with Gasteiger partial charge >= 0.3 is 0 Å². The van der Waals surface area contributed by atoms with Crippen molar-refractivity contribution in [2.24, 2.45) is 0 Å². The van der Waals surface area contributed by atoms with E-state index in [9.17, 15) is 12.3 Å². The molecule has 0 amide bonds. The summed E-state index contributed by atoms with van der Waals surface area (Å²) in [5.74, 6) is 0. The van der Waals surface area contributed by atoms with Crippen molar-refractivity contribution in [2.75, 3.05) is 0 Å². The summed E-state index contributed by atoms with van der Waals surface area (Å²) in [5.41, 5.74) is 1.81. The molecule has 2 heterocycles. The van der Waals surface area contributed by atoms with Crippen LogP contribution in [-0.4, -0.2) is 9.13 Å². The molecule has 0 aliphatic heterocycles. The van der Waals surface area contributed by atoms with E-state index in [1.165, 1.54) is 15.2 Å². The standard InChI is InChI=1S/C54H36N2/c1-4-13-37(14-5-1)39-23-29-44(30-24-39)55-50-21-11-10-19-47(50)48-35-42(27-33-51(48)55)43-28-34-52-49(36-43)54-46(41-17-8-3-9-18-41)20-12-22-53(54)56(52)45-31-25-40(26-32-45)38-15-6-2-7-16-38/h1-36H/i3D,8D,9D,10D,12D,17D,18D,19D,20D,21D,22D,27D,28D,33D,34D,35D,36D. The highest BCUT2D eigenvalue weighted by molar-refractivity contribution is 6.17. The number of rotatable bonds is 6. The second-order valence-corrected chi connectivity index (χ2v) is 13.2. The molecule has 0 unspecified atom stereocenters. The third kappa shape index (κ3) is 5.26. The van der Waals surface area contributed by atoms with E-state index in [-0.39, 0.29) is 67.4 Å². The van der Waals surface area contributed by atoms with Gasteiger partial charge in [-0.1, -0.05) is 157 Å². The number of hydrogen-bond donors (Lipinski definition) is 0. The molecule has 2 aromatic heterocycles. The van der Waals surface area contributed by atoms with Crippen LogP contribution >= 0.6 is 0 Å². The van der Waals surface area contributed by atoms with Crippen LogP contribution in [0.25, 0.3) is 99.5 Å². The Labute approximate surface area is 349 Å². The second kappa shape index (κ2) is 13.2. The van der Waals surface area contributed by atoms with Crippen LogP contribution in [0.2, 0.25) is 0 Å². The molecule has 0 aliphatic rings. The molecule has 11 aromatic rings. The van der Waals surface area contributed by atoms with Crippen molar-refractivity contribution < 1.29 is 23.3 Å². The number of nitrogens with zero attached hydrogens (tertiary/aromatic N) is 2. The van der Waals surface area contributed by atoms with Crippen molar-refractivity contribution in [3.05, 3.63) is 218 Å². The van der Waals surface area contributed by atoms with Gasteiger partial charge in [-0.05, 0) is 105 Å². The van der Waals surface area contributed by atoms with Gasteiger partial charge in [-0.15, -0.1) is 0 Å². The van der Waals surface area contributed by atoms with Gasteiger partial charge in [0.05, 0.1) is 45.4 Å². The molecule has 0 fully saturated rings. The summed E-state index contributed by atoms with van der Waals surface area (Å²) >= 11 is 0. The van der Waals surface area contributed by atoms with Gasteiger partial charge in [0, 0.05) is 32.9 Å². The minimum Gasteiger partial charge on any atom is -0.309 e. The van der Waals surface area contributed by atoms with Crippen LogP contribution in [0.4, 0.5) is 0 Å². The van der Waals surface area contributed by atoms with E-state index in [0.717, 1.165) is 22.3 Å². The largest absolute Gasteiger partial charge is 0.309 e. The fourth-order valence-electron chi connectivity index (χ4n) is 7.42. The van der Waals surface area contributed by atoms with Crippen molar-refractivity contribution in [3.8, 4) is 55.9 Å². The summed E-state index contributed by atoms with van der Waals surface area (Å²) < 4.78 is 160. The molecule has 11 rings (SSSR count). The Bertz CT molecular complexity index is 4160. The van der Waals surface area contributed by atoms with E-state index in [4.69, 9.17) is 11.0 Å². The van der Waals surface area contributed by atoms with Gasteiger partial charge < -0.3 is 9.13 Å². The highest BCUT2D eigenvalue weighted by Gasteiger charge is 2.18. The molecule has 0 aliphatic carbocycles. The predicted octanol–water partition coefficient (Wildman–Crippen LogP) is 14.5. The fourth-order valence-corrected chi connectivity index (χ4v) is 7.42. The molecule has 2 heteroatoms. The maximum atomic E-state index is 10.2. The van der Waals surface area contributed by atoms with E-state index >= 15 is 0 Å². The van der Waals surface area contributed by atoms with Crippen LogP contribution in [0.5, 0.6) is 0 Å². The van der Waals surface area contributed by atoms with Crippen molar-refractivity contribution in [2.45, 2.75) is 0 Å². The Morgan fingerprint density at radius 3 is 1.46 bits per heavy atom. The van der Waals surface area contributed by atoms with Crippen LogP contribution in [0.3, 0.4) is 0 Å². The average molecular weight is 730 g/mol. The van der Waals surface area contributed by atoms with E-state index in [1.54, 1.807) is 36.4 Å². The van der Waals surface area contributed by atoms with Crippen LogP contribution in [0.15, 0.2) is 218 Å². The molecule has 9 aromatic carbocycles. The predicted molar refractivity (Wildman–Crippen MR) is 237 cm³/mol. The molecule has 0 bridgehead atoms. The summed E-state index contributed by atoms with van der Waals surface area (Å²) in [6.07, 6.45) is 0. The van der Waals surface area contributed by atoms with Gasteiger partial charge in [0.1, 0.15) is 0 Å². The van der Waals surface area contributed by atoms with Crippen LogP contribution in [-0.2, 0) is 0 Å². The Balaban J connectivity index is 1.29. The lowest BCUT2D eigenvalue weighted by Gasteiger charge is -2.11. The Morgan fingerprint density at radius 2 is 0.839 bits per heavy atom. The van der Waals surface area contributed by atoms with Crippen LogP contribution in [0.1, 0.15) is 23.3 Å². The molecule has 0 atom stereocenters. The zero-order valence-electron chi connectivity index (χ0n) is 46.4. The minimum absolute atomic E-state index is 0.0567. The normalized spacial score (nSPS) is 15.8. The van der Waals surface area contributed by atoms with Crippen LogP contribution < -0.4 is 0 Å². The maximum absolute atomic E-state index is 10.2. The third-order valence-corrected chi connectivity index (χ3v) is 10.0. The molecule has 0 saturated carbocycles. The Hall–Kier alpha value is -7.42. The fraction of sp³-hybridized carbons (Fsp3) is 0. The number of aromatic nitrogens is 2. The van der Waals surface area contributed by atoms with Crippen molar-refractivity contribution in [3.63, 3.8) is 0 Å². The van der Waals surface area contributed by atoms with Gasteiger partial charge in [-0.2, -0.15) is 0 Å². The second-order valence-electron chi connectivity index (χ2n) is 13.2. The Kier molecular flexibility index (Phi) is 4.52. The highest BCUT2D eigenvalue weighted by atomic mass is 15.0. The van der Waals surface area contributed by atoms with Gasteiger partial charge in [0.15, 0.2) is 0 Å². The number of benzene rings is 9. The van der Waals surface area contributed by atoms with Gasteiger partial charge in [0.2, 0.25) is 0 Å². The monoisotopic (exact) mass is 729 g/mol. The van der Waals surface area contributed by atoms with E-state index in [1.807, 2.05) is 72.8 Å². The number of para-hydroxylation sites is 1. The summed E-state index contributed by atoms with van der Waals surface area (Å²) in [6.45, 7) is 0. The molecule has 0 saturated heterocycles. The lowest BCUT2D eigenvalue weighted by atomic mass is 9.97. The van der Waals surface area contributed by atoms with E-state index in [2.05, 4.69) is 0 Å². The van der Waals surface area contributed by atoms with Gasteiger partial charge in [0.25, 0.3) is 0 Å². The molecule has 0 N–H and O–H groups in total. The Morgan fingerprint density at radius 1 is 0.304 bits per heavy atom. The van der Waals surface area contributed by atoms with Gasteiger partial charge in [-0.3, -0.25) is 0 Å². The zero-order valence-corrected chi connectivity index (χ0v) is 29.4. The first-order chi connectivity index (χ1) is 34.9. The van der Waals surface area contributed by atoms with Crippen molar-refractivity contribution >= 4 is 43.6 Å². The SMILES string of the molecule is [2H]c1cc([2H])c2c(c1[2H])c1c([2H])c(-c3c([2H])c([2H])c4c(c3[2H])c3c(-c5c([2H])c([2H])c([2H])c([2H])c5[2H])c([2H])c([2H])c([2H])c3n4-c3ccc(-c4ccccc4)cc3)c([2H])c([2H])c1n2-c1ccc(-c2ccccc2)cc1. The topological polar surface area (TPSA) is 9.86 Å². The lowest BCUT2D eigenvalue weighted by Crippen LogP contribution is -1.94. The van der Waals surface area contributed by atoms with E-state index in [0.29, 0.717) is 5.69 Å². The number of fused-ring (bicyclic) bond motifs is 6. The first kappa shape index (κ1) is 19.3. The average Bonchev–Trinajstić information content (AvgIpc) is 3.96. The summed E-state index contributed by atoms with van der Waals surface area (Å²) in [7, 11) is 0. The summed E-state index contributed by atoms with van der Waals surface area (Å²) in [5, 5.41) is -0.698. The van der Waals surface area contributed by atoms with Crippen LogP contribution in [0, 0.1) is 0 Å². The quantitative estimate of drug-likeness (QED) is 0.161. The lowest BCUT2D eigenvalue weighted by molar-refractivity contribution is 1.18. The first-order valence-electron chi connectivity index (χ1n) is 26.4. The smallest absolute Gasteiger partial charge is 0.0645 e. The number of hydrogen-bond acceptors (Lipinski definition) is 0. The van der Waals surface area contributed by atoms with Gasteiger partial charge in [-0.25, -0.2) is 0 Å².